The van der Waals surface area contributed by atoms with Gasteiger partial charge in [-0.15, -0.1) is 0 Å². The van der Waals surface area contributed by atoms with Crippen LogP contribution in [0.3, 0.4) is 0 Å². The predicted molar refractivity (Wildman–Crippen MR) is 81.2 cm³/mol. The van der Waals surface area contributed by atoms with Crippen molar-refractivity contribution >= 4 is 12.1 Å². The molecule has 0 aromatic heterocycles. The first-order valence-electron chi connectivity index (χ1n) is 7.49. The van der Waals surface area contributed by atoms with Crippen LogP contribution in [0.25, 0.3) is 0 Å². The fourth-order valence-electron chi connectivity index (χ4n) is 2.69. The second-order valence-corrected chi connectivity index (χ2v) is 5.63. The lowest BCUT2D eigenvalue weighted by atomic mass is 9.88. The molecule has 120 valence electrons. The summed E-state index contributed by atoms with van der Waals surface area (Å²) in [5.41, 5.74) is 6.84. The number of nitrogens with zero attached hydrogens (tertiary/aromatic N) is 1. The first-order valence-corrected chi connectivity index (χ1v) is 7.49. The van der Waals surface area contributed by atoms with Crippen molar-refractivity contribution < 1.29 is 19.4 Å². The number of benzene rings is 1. The molecule has 1 aliphatic rings. The van der Waals surface area contributed by atoms with Crippen molar-refractivity contribution in [3.05, 3.63) is 35.9 Å². The Morgan fingerprint density at radius 2 is 1.91 bits per heavy atom. The lowest BCUT2D eigenvalue weighted by Gasteiger charge is -2.33. The minimum atomic E-state index is -0.878. The normalized spacial score (nSPS) is 17.0. The van der Waals surface area contributed by atoms with E-state index in [1.807, 2.05) is 30.3 Å². The summed E-state index contributed by atoms with van der Waals surface area (Å²) in [4.78, 5) is 24.3. The van der Waals surface area contributed by atoms with Gasteiger partial charge in [-0.2, -0.15) is 0 Å². The Morgan fingerprint density at radius 1 is 1.27 bits per heavy atom. The molecule has 1 aromatic rings. The third kappa shape index (κ3) is 4.73. The number of ether oxygens (including phenoxy) is 1. The summed E-state index contributed by atoms with van der Waals surface area (Å²) < 4.78 is 5.29. The van der Waals surface area contributed by atoms with E-state index in [1.54, 1.807) is 4.90 Å². The Balaban J connectivity index is 1.74. The molecule has 0 bridgehead atoms. The second kappa shape index (κ2) is 7.79. The number of nitrogens with two attached hydrogens (primary N) is 1. The largest absolute Gasteiger partial charge is 0.481 e. The molecule has 1 aliphatic heterocycles. The highest BCUT2D eigenvalue weighted by molar-refractivity contribution is 5.68. The van der Waals surface area contributed by atoms with Crippen molar-refractivity contribution in [2.24, 2.45) is 11.7 Å². The number of rotatable bonds is 5. The van der Waals surface area contributed by atoms with E-state index in [-0.39, 0.29) is 31.1 Å². The minimum absolute atomic E-state index is 0.0247. The topological polar surface area (TPSA) is 92.9 Å². The molecule has 0 unspecified atom stereocenters. The Hall–Kier alpha value is -2.08. The first kappa shape index (κ1) is 16.3. The number of amides is 1. The average Bonchev–Trinajstić information content (AvgIpc) is 2.53. The van der Waals surface area contributed by atoms with Gasteiger partial charge < -0.3 is 20.5 Å². The monoisotopic (exact) mass is 306 g/mol. The number of hydrogen-bond donors (Lipinski definition) is 2. The summed E-state index contributed by atoms with van der Waals surface area (Å²) in [5.74, 6) is -0.730. The molecule has 1 saturated heterocycles. The Labute approximate surface area is 129 Å². The quantitative estimate of drug-likeness (QED) is 0.866. The van der Waals surface area contributed by atoms with Gasteiger partial charge >= 0.3 is 12.1 Å². The van der Waals surface area contributed by atoms with Crippen molar-refractivity contribution in [2.45, 2.75) is 31.9 Å². The van der Waals surface area contributed by atoms with E-state index in [0.29, 0.717) is 13.1 Å². The molecular weight excluding hydrogens is 284 g/mol. The van der Waals surface area contributed by atoms with Gasteiger partial charge in [-0.25, -0.2) is 4.79 Å². The van der Waals surface area contributed by atoms with Crippen molar-refractivity contribution in [1.82, 2.24) is 4.90 Å². The van der Waals surface area contributed by atoms with E-state index in [9.17, 15) is 9.59 Å². The number of likely N-dealkylation sites (tertiary alicyclic amines) is 1. The highest BCUT2D eigenvalue weighted by Gasteiger charge is 2.28. The zero-order chi connectivity index (χ0) is 15.9. The highest BCUT2D eigenvalue weighted by atomic mass is 16.6. The standard InChI is InChI=1S/C16H22N2O4/c17-14(10-15(19)20)13-6-8-18(9-7-13)16(21)22-11-12-4-2-1-3-5-12/h1-5,13-14H,6-11,17H2,(H,19,20)/t14-/m0/s1. The van der Waals surface area contributed by atoms with Crippen molar-refractivity contribution in [2.75, 3.05) is 13.1 Å². The third-order valence-corrected chi connectivity index (χ3v) is 4.02. The molecule has 0 saturated carbocycles. The molecule has 22 heavy (non-hydrogen) atoms. The SMILES string of the molecule is N[C@@H](CC(=O)O)C1CCN(C(=O)OCc2ccccc2)CC1. The van der Waals surface area contributed by atoms with E-state index in [0.717, 1.165) is 18.4 Å². The van der Waals surface area contributed by atoms with Crippen LogP contribution in [0.5, 0.6) is 0 Å². The first-order chi connectivity index (χ1) is 10.6. The summed E-state index contributed by atoms with van der Waals surface area (Å²) in [6.45, 7) is 1.38. The smallest absolute Gasteiger partial charge is 0.410 e. The van der Waals surface area contributed by atoms with E-state index >= 15 is 0 Å². The summed E-state index contributed by atoms with van der Waals surface area (Å²) >= 11 is 0. The van der Waals surface area contributed by atoms with Crippen LogP contribution in [0.2, 0.25) is 0 Å². The molecular formula is C16H22N2O4. The van der Waals surface area contributed by atoms with Crippen molar-refractivity contribution in [1.29, 1.82) is 0 Å². The van der Waals surface area contributed by atoms with E-state index in [1.165, 1.54) is 0 Å². The van der Waals surface area contributed by atoms with Gasteiger partial charge in [0.25, 0.3) is 0 Å². The van der Waals surface area contributed by atoms with Gasteiger partial charge in [0, 0.05) is 19.1 Å². The summed E-state index contributed by atoms with van der Waals surface area (Å²) in [6, 6.07) is 9.18. The molecule has 3 N–H and O–H groups in total. The number of aliphatic carboxylic acids is 1. The third-order valence-electron chi connectivity index (χ3n) is 4.02. The molecule has 6 nitrogen and oxygen atoms in total. The summed E-state index contributed by atoms with van der Waals surface area (Å²) in [5, 5.41) is 8.77. The molecule has 0 spiro atoms. The van der Waals surface area contributed by atoms with Gasteiger partial charge in [-0.05, 0) is 24.3 Å². The van der Waals surface area contributed by atoms with Gasteiger partial charge in [-0.1, -0.05) is 30.3 Å². The van der Waals surface area contributed by atoms with Gasteiger partial charge in [0.2, 0.25) is 0 Å². The zero-order valence-corrected chi connectivity index (χ0v) is 12.5. The molecule has 1 heterocycles. The predicted octanol–water partition coefficient (Wildman–Crippen LogP) is 1.84. The maximum atomic E-state index is 12.0. The number of carbonyl (C=O) groups is 2. The molecule has 6 heteroatoms. The van der Waals surface area contributed by atoms with E-state index in [4.69, 9.17) is 15.6 Å². The minimum Gasteiger partial charge on any atom is -0.481 e. The molecule has 0 radical (unpaired) electrons. The summed E-state index contributed by atoms with van der Waals surface area (Å²) in [7, 11) is 0. The van der Waals surface area contributed by atoms with Crippen LogP contribution < -0.4 is 5.73 Å². The molecule has 1 fully saturated rings. The Morgan fingerprint density at radius 3 is 2.50 bits per heavy atom. The summed E-state index contributed by atoms with van der Waals surface area (Å²) in [6.07, 6.45) is 1.08. The molecule has 0 aliphatic carbocycles. The van der Waals surface area contributed by atoms with Crippen LogP contribution >= 0.6 is 0 Å². The van der Waals surface area contributed by atoms with Crippen molar-refractivity contribution in [3.63, 3.8) is 0 Å². The lowest BCUT2D eigenvalue weighted by Crippen LogP contribution is -2.44. The average molecular weight is 306 g/mol. The fourth-order valence-corrected chi connectivity index (χ4v) is 2.69. The van der Waals surface area contributed by atoms with E-state index < -0.39 is 5.97 Å². The fraction of sp³-hybridized carbons (Fsp3) is 0.500. The highest BCUT2D eigenvalue weighted by Crippen LogP contribution is 2.22. The van der Waals surface area contributed by atoms with E-state index in [2.05, 4.69) is 0 Å². The number of carboxylic acids is 1. The molecule has 1 aromatic carbocycles. The van der Waals surface area contributed by atoms with Crippen molar-refractivity contribution in [3.8, 4) is 0 Å². The maximum absolute atomic E-state index is 12.0. The maximum Gasteiger partial charge on any atom is 0.410 e. The number of hydrogen-bond acceptors (Lipinski definition) is 4. The number of carboxylic acid groups (broad SMARTS) is 1. The molecule has 1 atom stereocenters. The molecule has 2 rings (SSSR count). The van der Waals surface area contributed by atoms with Crippen LogP contribution in [0, 0.1) is 5.92 Å². The zero-order valence-electron chi connectivity index (χ0n) is 12.5. The number of piperidine rings is 1. The van der Waals surface area contributed by atoms with Crippen LogP contribution in [-0.4, -0.2) is 41.2 Å². The van der Waals surface area contributed by atoms with Gasteiger partial charge in [0.1, 0.15) is 6.61 Å². The van der Waals surface area contributed by atoms with Crippen LogP contribution in [0.15, 0.2) is 30.3 Å². The van der Waals surface area contributed by atoms with Crippen LogP contribution in [-0.2, 0) is 16.1 Å². The second-order valence-electron chi connectivity index (χ2n) is 5.63. The van der Waals surface area contributed by atoms with Gasteiger partial charge in [0.15, 0.2) is 0 Å². The Bertz CT molecular complexity index is 498. The molecule has 1 amide bonds. The Kier molecular flexibility index (Phi) is 5.77. The van der Waals surface area contributed by atoms with Crippen LogP contribution in [0.4, 0.5) is 4.79 Å². The van der Waals surface area contributed by atoms with Gasteiger partial charge in [0.05, 0.1) is 6.42 Å². The van der Waals surface area contributed by atoms with Crippen LogP contribution in [0.1, 0.15) is 24.8 Å². The van der Waals surface area contributed by atoms with Gasteiger partial charge in [-0.3, -0.25) is 4.79 Å². The number of carbonyl (C=O) groups excluding carboxylic acids is 1. The lowest BCUT2D eigenvalue weighted by molar-refractivity contribution is -0.137.